The van der Waals surface area contributed by atoms with E-state index in [2.05, 4.69) is 10.3 Å². The highest BCUT2D eigenvalue weighted by Crippen LogP contribution is 2.19. The van der Waals surface area contributed by atoms with E-state index >= 15 is 0 Å². The van der Waals surface area contributed by atoms with Crippen LogP contribution in [0.2, 0.25) is 0 Å². The summed E-state index contributed by atoms with van der Waals surface area (Å²) in [6, 6.07) is 5.47. The molecule has 2 aromatic rings. The topological polar surface area (TPSA) is 51.2 Å². The summed E-state index contributed by atoms with van der Waals surface area (Å²) in [5.74, 6) is -0.323. The van der Waals surface area contributed by atoms with Crippen LogP contribution in [0, 0.1) is 6.92 Å². The van der Waals surface area contributed by atoms with Crippen molar-refractivity contribution in [3.63, 3.8) is 0 Å². The van der Waals surface area contributed by atoms with Gasteiger partial charge in [0.25, 0.3) is 0 Å². The molecule has 2 rings (SSSR count). The fraction of sp³-hybridized carbons (Fsp3) is 0.231. The van der Waals surface area contributed by atoms with Crippen LogP contribution in [0.15, 0.2) is 29.9 Å². The molecular formula is C13H14N2O2S. The molecule has 0 fully saturated rings. The second-order valence-corrected chi connectivity index (χ2v) is 4.81. The van der Waals surface area contributed by atoms with Crippen molar-refractivity contribution in [3.05, 3.63) is 45.9 Å². The molecule has 5 heteroatoms. The van der Waals surface area contributed by atoms with Crippen molar-refractivity contribution >= 4 is 23.0 Å². The van der Waals surface area contributed by atoms with Crippen molar-refractivity contribution in [1.82, 2.24) is 4.98 Å². The molecule has 0 aliphatic heterocycles. The number of nitrogens with one attached hydrogen (secondary N) is 1. The molecule has 0 saturated heterocycles. The first-order chi connectivity index (χ1) is 8.70. The standard InChI is InChI=1S/C13H14N2O2S/c1-9-3-4-10(13(16)17-2)5-12(9)15-7-11-6-14-8-18-11/h3-6,8,15H,7H2,1-2H3. The first kappa shape index (κ1) is 12.6. The van der Waals surface area contributed by atoms with Crippen molar-refractivity contribution in [2.45, 2.75) is 13.5 Å². The van der Waals surface area contributed by atoms with Gasteiger partial charge in [0, 0.05) is 16.8 Å². The number of carbonyl (C=O) groups excluding carboxylic acids is 1. The van der Waals surface area contributed by atoms with Gasteiger partial charge in [-0.2, -0.15) is 0 Å². The summed E-state index contributed by atoms with van der Waals surface area (Å²) in [7, 11) is 1.38. The minimum atomic E-state index is -0.323. The fourth-order valence-corrected chi connectivity index (χ4v) is 2.10. The number of ether oxygens (including phenoxy) is 1. The van der Waals surface area contributed by atoms with E-state index in [1.807, 2.05) is 25.3 Å². The molecule has 0 radical (unpaired) electrons. The number of benzene rings is 1. The zero-order valence-corrected chi connectivity index (χ0v) is 11.1. The lowest BCUT2D eigenvalue weighted by molar-refractivity contribution is 0.0601. The molecule has 0 aliphatic carbocycles. The van der Waals surface area contributed by atoms with Crippen LogP contribution in [0.5, 0.6) is 0 Å². The van der Waals surface area contributed by atoms with E-state index < -0.39 is 0 Å². The van der Waals surface area contributed by atoms with E-state index in [0.717, 1.165) is 16.1 Å². The van der Waals surface area contributed by atoms with Crippen LogP contribution in [0.25, 0.3) is 0 Å². The van der Waals surface area contributed by atoms with E-state index in [-0.39, 0.29) is 5.97 Å². The number of carbonyl (C=O) groups is 1. The summed E-state index contributed by atoms with van der Waals surface area (Å²) in [5.41, 5.74) is 4.38. The zero-order valence-electron chi connectivity index (χ0n) is 10.3. The summed E-state index contributed by atoms with van der Waals surface area (Å²) >= 11 is 1.60. The van der Waals surface area contributed by atoms with E-state index in [4.69, 9.17) is 4.74 Å². The van der Waals surface area contributed by atoms with Crippen molar-refractivity contribution in [2.75, 3.05) is 12.4 Å². The molecule has 0 atom stereocenters. The number of hydrogen-bond acceptors (Lipinski definition) is 5. The number of nitrogens with zero attached hydrogens (tertiary/aromatic N) is 1. The molecular weight excluding hydrogens is 248 g/mol. The molecule has 0 amide bonds. The normalized spacial score (nSPS) is 10.1. The van der Waals surface area contributed by atoms with Crippen LogP contribution in [0.3, 0.4) is 0 Å². The van der Waals surface area contributed by atoms with Crippen molar-refractivity contribution in [1.29, 1.82) is 0 Å². The van der Waals surface area contributed by atoms with Gasteiger partial charge in [-0.3, -0.25) is 4.98 Å². The van der Waals surface area contributed by atoms with Gasteiger partial charge in [0.1, 0.15) is 0 Å². The Morgan fingerprint density at radius 3 is 3.00 bits per heavy atom. The lowest BCUT2D eigenvalue weighted by Crippen LogP contribution is -2.04. The van der Waals surface area contributed by atoms with Crippen molar-refractivity contribution < 1.29 is 9.53 Å². The third-order valence-electron chi connectivity index (χ3n) is 2.60. The van der Waals surface area contributed by atoms with Gasteiger partial charge in [-0.1, -0.05) is 6.07 Å². The van der Waals surface area contributed by atoms with Crippen molar-refractivity contribution in [2.24, 2.45) is 0 Å². The van der Waals surface area contributed by atoms with Crippen LogP contribution in [-0.4, -0.2) is 18.1 Å². The Morgan fingerprint density at radius 1 is 1.50 bits per heavy atom. The lowest BCUT2D eigenvalue weighted by atomic mass is 10.1. The van der Waals surface area contributed by atoms with Crippen LogP contribution in [0.1, 0.15) is 20.8 Å². The molecule has 1 aromatic carbocycles. The van der Waals surface area contributed by atoms with Gasteiger partial charge in [-0.15, -0.1) is 11.3 Å². The van der Waals surface area contributed by atoms with Crippen LogP contribution >= 0.6 is 11.3 Å². The number of methoxy groups -OCH3 is 1. The molecule has 0 spiro atoms. The first-order valence-corrected chi connectivity index (χ1v) is 6.39. The summed E-state index contributed by atoms with van der Waals surface area (Å²) < 4.78 is 4.71. The predicted molar refractivity (Wildman–Crippen MR) is 72.0 cm³/mol. The van der Waals surface area contributed by atoms with Gasteiger partial charge in [0.15, 0.2) is 0 Å². The maximum absolute atomic E-state index is 11.5. The average Bonchev–Trinajstić information content (AvgIpc) is 2.90. The van der Waals surface area contributed by atoms with E-state index in [0.29, 0.717) is 12.1 Å². The second-order valence-electron chi connectivity index (χ2n) is 3.84. The molecule has 0 unspecified atom stereocenters. The number of aromatic nitrogens is 1. The number of aryl methyl sites for hydroxylation is 1. The monoisotopic (exact) mass is 262 g/mol. The summed E-state index contributed by atoms with van der Waals surface area (Å²) in [4.78, 5) is 16.6. The van der Waals surface area contributed by atoms with E-state index in [1.54, 1.807) is 22.9 Å². The minimum absolute atomic E-state index is 0.323. The molecule has 1 N–H and O–H groups in total. The van der Waals surface area contributed by atoms with Gasteiger partial charge >= 0.3 is 5.97 Å². The molecule has 0 aliphatic rings. The third-order valence-corrected chi connectivity index (χ3v) is 3.37. The van der Waals surface area contributed by atoms with Crippen LogP contribution in [-0.2, 0) is 11.3 Å². The van der Waals surface area contributed by atoms with E-state index in [9.17, 15) is 4.79 Å². The molecule has 94 valence electrons. The Labute approximate surface area is 110 Å². The van der Waals surface area contributed by atoms with Crippen molar-refractivity contribution in [3.8, 4) is 0 Å². The van der Waals surface area contributed by atoms with E-state index in [1.165, 1.54) is 7.11 Å². The fourth-order valence-electron chi connectivity index (χ4n) is 1.57. The minimum Gasteiger partial charge on any atom is -0.465 e. The highest BCUT2D eigenvalue weighted by Gasteiger charge is 2.07. The molecule has 0 bridgehead atoms. The number of thiazole rings is 1. The molecule has 0 saturated carbocycles. The zero-order chi connectivity index (χ0) is 13.0. The van der Waals surface area contributed by atoms with Gasteiger partial charge < -0.3 is 10.1 Å². The Hall–Kier alpha value is -1.88. The molecule has 18 heavy (non-hydrogen) atoms. The first-order valence-electron chi connectivity index (χ1n) is 5.51. The SMILES string of the molecule is COC(=O)c1ccc(C)c(NCc2cncs2)c1. The Bertz CT molecular complexity index is 538. The Balaban J connectivity index is 2.13. The molecule has 1 aromatic heterocycles. The van der Waals surface area contributed by atoms with Gasteiger partial charge in [-0.25, -0.2) is 4.79 Å². The summed E-state index contributed by atoms with van der Waals surface area (Å²) in [5, 5.41) is 3.30. The highest BCUT2D eigenvalue weighted by atomic mass is 32.1. The maximum atomic E-state index is 11.5. The summed E-state index contributed by atoms with van der Waals surface area (Å²) in [6.07, 6.45) is 1.83. The second kappa shape index (κ2) is 5.64. The number of hydrogen-bond donors (Lipinski definition) is 1. The largest absolute Gasteiger partial charge is 0.465 e. The average molecular weight is 262 g/mol. The number of anilines is 1. The van der Waals surface area contributed by atoms with Gasteiger partial charge in [0.2, 0.25) is 0 Å². The van der Waals surface area contributed by atoms with Gasteiger partial charge in [0.05, 0.1) is 24.7 Å². The summed E-state index contributed by atoms with van der Waals surface area (Å²) in [6.45, 7) is 2.70. The Morgan fingerprint density at radius 2 is 2.33 bits per heavy atom. The van der Waals surface area contributed by atoms with Gasteiger partial charge in [-0.05, 0) is 24.6 Å². The quantitative estimate of drug-likeness (QED) is 0.861. The maximum Gasteiger partial charge on any atom is 0.337 e. The highest BCUT2D eigenvalue weighted by molar-refractivity contribution is 7.09. The number of rotatable bonds is 4. The predicted octanol–water partition coefficient (Wildman–Crippen LogP) is 2.85. The Kier molecular flexibility index (Phi) is 3.94. The van der Waals surface area contributed by atoms with Crippen LogP contribution < -0.4 is 5.32 Å². The molecule has 1 heterocycles. The smallest absolute Gasteiger partial charge is 0.337 e. The molecule has 4 nitrogen and oxygen atoms in total. The number of esters is 1. The third kappa shape index (κ3) is 2.87. The van der Waals surface area contributed by atoms with Crippen LogP contribution in [0.4, 0.5) is 5.69 Å². The lowest BCUT2D eigenvalue weighted by Gasteiger charge is -2.10.